The Morgan fingerprint density at radius 3 is 2.39 bits per heavy atom. The van der Waals surface area contributed by atoms with Crippen LogP contribution in [0.2, 0.25) is 0 Å². The molecular formula is C14H18F3N. The van der Waals surface area contributed by atoms with Crippen LogP contribution in [0.15, 0.2) is 24.3 Å². The lowest BCUT2D eigenvalue weighted by atomic mass is 9.85. The number of rotatable bonds is 1. The van der Waals surface area contributed by atoms with E-state index >= 15 is 0 Å². The number of alkyl halides is 3. The fourth-order valence-electron chi connectivity index (χ4n) is 2.80. The van der Waals surface area contributed by atoms with Crippen molar-refractivity contribution in [2.45, 2.75) is 50.2 Å². The second-order valence-corrected chi connectivity index (χ2v) is 4.99. The molecule has 1 aromatic carbocycles. The van der Waals surface area contributed by atoms with Crippen molar-refractivity contribution in [2.75, 3.05) is 0 Å². The van der Waals surface area contributed by atoms with E-state index in [1.165, 1.54) is 6.07 Å². The molecule has 0 saturated heterocycles. The summed E-state index contributed by atoms with van der Waals surface area (Å²) in [6.07, 6.45) is 0.336. The predicted octanol–water partition coefficient (Wildman–Crippen LogP) is 4.08. The van der Waals surface area contributed by atoms with Gasteiger partial charge in [-0.15, -0.1) is 0 Å². The average Bonchev–Trinajstić information content (AvgIpc) is 2.53. The molecule has 1 aromatic rings. The van der Waals surface area contributed by atoms with E-state index in [4.69, 9.17) is 5.73 Å². The number of benzene rings is 1. The van der Waals surface area contributed by atoms with Crippen molar-refractivity contribution in [1.82, 2.24) is 0 Å². The third-order valence-electron chi connectivity index (χ3n) is 3.74. The van der Waals surface area contributed by atoms with Crippen LogP contribution in [0.5, 0.6) is 0 Å². The molecular weight excluding hydrogens is 239 g/mol. The van der Waals surface area contributed by atoms with E-state index in [0.717, 1.165) is 38.2 Å². The molecule has 0 aliphatic heterocycles. The highest BCUT2D eigenvalue weighted by atomic mass is 19.4. The van der Waals surface area contributed by atoms with E-state index in [-0.39, 0.29) is 12.0 Å². The smallest absolute Gasteiger partial charge is 0.327 e. The molecule has 0 heterocycles. The van der Waals surface area contributed by atoms with Crippen LogP contribution in [0.25, 0.3) is 0 Å². The summed E-state index contributed by atoms with van der Waals surface area (Å²) < 4.78 is 39.0. The van der Waals surface area contributed by atoms with Crippen molar-refractivity contribution in [2.24, 2.45) is 5.73 Å². The highest BCUT2D eigenvalue weighted by Crippen LogP contribution is 2.39. The first-order chi connectivity index (χ1) is 8.50. The zero-order valence-electron chi connectivity index (χ0n) is 10.2. The van der Waals surface area contributed by atoms with Gasteiger partial charge in [0.1, 0.15) is 0 Å². The van der Waals surface area contributed by atoms with Crippen LogP contribution in [-0.2, 0) is 6.18 Å². The minimum absolute atomic E-state index is 0.156. The maximum atomic E-state index is 13.0. The van der Waals surface area contributed by atoms with Crippen molar-refractivity contribution in [1.29, 1.82) is 0 Å². The van der Waals surface area contributed by atoms with Crippen LogP contribution >= 0.6 is 0 Å². The lowest BCUT2D eigenvalue weighted by Crippen LogP contribution is -2.29. The second kappa shape index (κ2) is 5.31. The Kier molecular flexibility index (Phi) is 3.95. The molecule has 2 N–H and O–H groups in total. The SMILES string of the molecule is N[C@@H]1CCCCC[C@H]1c1ccccc1C(F)(F)F. The van der Waals surface area contributed by atoms with Gasteiger partial charge in [0.05, 0.1) is 5.56 Å². The molecule has 2 atom stereocenters. The van der Waals surface area contributed by atoms with Gasteiger partial charge in [0.25, 0.3) is 0 Å². The third-order valence-corrected chi connectivity index (χ3v) is 3.74. The number of hydrogen-bond acceptors (Lipinski definition) is 1. The number of nitrogens with two attached hydrogens (primary N) is 1. The topological polar surface area (TPSA) is 26.0 Å². The first-order valence-corrected chi connectivity index (χ1v) is 6.42. The first kappa shape index (κ1) is 13.4. The van der Waals surface area contributed by atoms with Gasteiger partial charge in [-0.1, -0.05) is 37.5 Å². The van der Waals surface area contributed by atoms with Gasteiger partial charge in [0.2, 0.25) is 0 Å². The van der Waals surface area contributed by atoms with Crippen molar-refractivity contribution in [3.05, 3.63) is 35.4 Å². The molecule has 1 fully saturated rings. The first-order valence-electron chi connectivity index (χ1n) is 6.42. The zero-order valence-corrected chi connectivity index (χ0v) is 10.2. The third kappa shape index (κ3) is 2.86. The summed E-state index contributed by atoms with van der Waals surface area (Å²) in [5.74, 6) is -0.162. The molecule has 1 nitrogen and oxygen atoms in total. The Labute approximate surface area is 105 Å². The fraction of sp³-hybridized carbons (Fsp3) is 0.571. The minimum atomic E-state index is -4.29. The maximum absolute atomic E-state index is 13.0. The van der Waals surface area contributed by atoms with Crippen LogP contribution in [-0.4, -0.2) is 6.04 Å². The normalized spacial score (nSPS) is 25.8. The average molecular weight is 257 g/mol. The minimum Gasteiger partial charge on any atom is -0.327 e. The fourth-order valence-corrected chi connectivity index (χ4v) is 2.80. The van der Waals surface area contributed by atoms with Crippen LogP contribution in [0, 0.1) is 0 Å². The van der Waals surface area contributed by atoms with Gasteiger partial charge in [-0.25, -0.2) is 0 Å². The van der Waals surface area contributed by atoms with E-state index < -0.39 is 11.7 Å². The molecule has 0 bridgehead atoms. The molecule has 18 heavy (non-hydrogen) atoms. The van der Waals surface area contributed by atoms with E-state index in [2.05, 4.69) is 0 Å². The van der Waals surface area contributed by atoms with E-state index in [1.54, 1.807) is 12.1 Å². The number of halogens is 3. The molecule has 0 unspecified atom stereocenters. The van der Waals surface area contributed by atoms with Crippen molar-refractivity contribution < 1.29 is 13.2 Å². The van der Waals surface area contributed by atoms with Gasteiger partial charge in [-0.2, -0.15) is 13.2 Å². The van der Waals surface area contributed by atoms with E-state index in [9.17, 15) is 13.2 Å². The molecule has 1 aliphatic carbocycles. The summed E-state index contributed by atoms with van der Waals surface area (Å²) in [5, 5.41) is 0. The quantitative estimate of drug-likeness (QED) is 0.754. The Bertz CT molecular complexity index is 400. The Balaban J connectivity index is 2.37. The van der Waals surface area contributed by atoms with Crippen LogP contribution < -0.4 is 5.73 Å². The van der Waals surface area contributed by atoms with E-state index in [0.29, 0.717) is 5.56 Å². The highest BCUT2D eigenvalue weighted by molar-refractivity contribution is 5.33. The standard InChI is InChI=1S/C14H18F3N/c15-14(16,17)12-8-5-4-6-10(12)11-7-2-1-3-9-13(11)18/h4-6,8,11,13H,1-3,7,9,18H2/t11-,13+/m0/s1. The van der Waals surface area contributed by atoms with E-state index in [1.807, 2.05) is 0 Å². The predicted molar refractivity (Wildman–Crippen MR) is 65.2 cm³/mol. The van der Waals surface area contributed by atoms with Gasteiger partial charge >= 0.3 is 6.18 Å². The number of hydrogen-bond donors (Lipinski definition) is 1. The van der Waals surface area contributed by atoms with Crippen LogP contribution in [0.1, 0.15) is 49.1 Å². The summed E-state index contributed by atoms with van der Waals surface area (Å²) in [5.41, 5.74) is 5.91. The van der Waals surface area contributed by atoms with Crippen molar-refractivity contribution in [3.8, 4) is 0 Å². The largest absolute Gasteiger partial charge is 0.416 e. The summed E-state index contributed by atoms with van der Waals surface area (Å²) in [7, 11) is 0. The summed E-state index contributed by atoms with van der Waals surface area (Å²) in [6.45, 7) is 0. The van der Waals surface area contributed by atoms with Gasteiger partial charge < -0.3 is 5.73 Å². The van der Waals surface area contributed by atoms with Gasteiger partial charge in [0.15, 0.2) is 0 Å². The molecule has 1 aliphatic rings. The molecule has 0 spiro atoms. The highest BCUT2D eigenvalue weighted by Gasteiger charge is 2.36. The van der Waals surface area contributed by atoms with Crippen LogP contribution in [0.3, 0.4) is 0 Å². The van der Waals surface area contributed by atoms with Gasteiger partial charge in [-0.3, -0.25) is 0 Å². The van der Waals surface area contributed by atoms with Crippen molar-refractivity contribution >= 4 is 0 Å². The molecule has 1 saturated carbocycles. The van der Waals surface area contributed by atoms with Crippen molar-refractivity contribution in [3.63, 3.8) is 0 Å². The lowest BCUT2D eigenvalue weighted by molar-refractivity contribution is -0.138. The molecule has 100 valence electrons. The second-order valence-electron chi connectivity index (χ2n) is 4.99. The summed E-state index contributed by atoms with van der Waals surface area (Å²) in [4.78, 5) is 0. The summed E-state index contributed by atoms with van der Waals surface area (Å²) >= 11 is 0. The Hall–Kier alpha value is -1.03. The Morgan fingerprint density at radius 2 is 1.67 bits per heavy atom. The molecule has 0 aromatic heterocycles. The molecule has 2 rings (SSSR count). The summed E-state index contributed by atoms with van der Waals surface area (Å²) in [6, 6.07) is 5.69. The monoisotopic (exact) mass is 257 g/mol. The maximum Gasteiger partial charge on any atom is 0.416 e. The van der Waals surface area contributed by atoms with Gasteiger partial charge in [0, 0.05) is 6.04 Å². The van der Waals surface area contributed by atoms with Crippen LogP contribution in [0.4, 0.5) is 13.2 Å². The lowest BCUT2D eigenvalue weighted by Gasteiger charge is -2.25. The molecule has 0 radical (unpaired) electrons. The molecule has 4 heteroatoms. The van der Waals surface area contributed by atoms with Gasteiger partial charge in [-0.05, 0) is 30.4 Å². The zero-order chi connectivity index (χ0) is 13.2. The molecule has 0 amide bonds. The Morgan fingerprint density at radius 1 is 1.00 bits per heavy atom.